The van der Waals surface area contributed by atoms with Crippen molar-refractivity contribution in [1.82, 2.24) is 4.90 Å². The van der Waals surface area contributed by atoms with Crippen LogP contribution in [0.4, 0.5) is 5.69 Å². The lowest BCUT2D eigenvalue weighted by atomic mass is 10.1. The summed E-state index contributed by atoms with van der Waals surface area (Å²) in [4.78, 5) is 49.9. The molecule has 0 bridgehead atoms. The predicted octanol–water partition coefficient (Wildman–Crippen LogP) is 1.14. The molecular weight excluding hydrogens is 328 g/mol. The number of hydrogen-bond donors (Lipinski definition) is 1. The SMILES string of the molecule is CCOC(=O)CC[C@@H](C(=O)OCC)N1C(=O)c2ccc(N)cc2C1=O. The van der Waals surface area contributed by atoms with Gasteiger partial charge in [-0.2, -0.15) is 0 Å². The Bertz CT molecular complexity index is 715. The molecule has 25 heavy (non-hydrogen) atoms. The summed E-state index contributed by atoms with van der Waals surface area (Å²) in [5.41, 5.74) is 6.30. The molecule has 0 unspecified atom stereocenters. The number of fused-ring (bicyclic) bond motifs is 1. The molecule has 0 radical (unpaired) electrons. The highest BCUT2D eigenvalue weighted by atomic mass is 16.5. The number of nitrogens with zero attached hydrogens (tertiary/aromatic N) is 1. The van der Waals surface area contributed by atoms with Crippen molar-refractivity contribution >= 4 is 29.4 Å². The molecule has 0 spiro atoms. The molecule has 0 fully saturated rings. The average molecular weight is 348 g/mol. The molecule has 1 atom stereocenters. The summed E-state index contributed by atoms with van der Waals surface area (Å²) in [6.45, 7) is 3.57. The smallest absolute Gasteiger partial charge is 0.329 e. The van der Waals surface area contributed by atoms with Crippen molar-refractivity contribution in [3.8, 4) is 0 Å². The summed E-state index contributed by atoms with van der Waals surface area (Å²) in [5, 5.41) is 0. The third-order valence-electron chi connectivity index (χ3n) is 3.74. The maximum Gasteiger partial charge on any atom is 0.329 e. The van der Waals surface area contributed by atoms with E-state index < -0.39 is 29.8 Å². The molecule has 0 aliphatic carbocycles. The Morgan fingerprint density at radius 1 is 1.08 bits per heavy atom. The quantitative estimate of drug-likeness (QED) is 0.446. The van der Waals surface area contributed by atoms with E-state index in [2.05, 4.69) is 0 Å². The third-order valence-corrected chi connectivity index (χ3v) is 3.74. The van der Waals surface area contributed by atoms with Crippen LogP contribution in [0.1, 0.15) is 47.4 Å². The van der Waals surface area contributed by atoms with E-state index >= 15 is 0 Å². The first-order chi connectivity index (χ1) is 11.9. The van der Waals surface area contributed by atoms with E-state index in [0.29, 0.717) is 5.69 Å². The lowest BCUT2D eigenvalue weighted by Crippen LogP contribution is -2.46. The minimum Gasteiger partial charge on any atom is -0.466 e. The maximum absolute atomic E-state index is 12.6. The van der Waals surface area contributed by atoms with Crippen LogP contribution >= 0.6 is 0 Å². The number of nitrogen functional groups attached to an aromatic ring is 1. The number of carbonyl (C=O) groups excluding carboxylic acids is 4. The number of anilines is 1. The molecule has 2 amide bonds. The van der Waals surface area contributed by atoms with Crippen molar-refractivity contribution in [2.75, 3.05) is 18.9 Å². The monoisotopic (exact) mass is 348 g/mol. The van der Waals surface area contributed by atoms with Gasteiger partial charge in [-0.1, -0.05) is 0 Å². The molecule has 1 heterocycles. The number of amides is 2. The summed E-state index contributed by atoms with van der Waals surface area (Å²) >= 11 is 0. The van der Waals surface area contributed by atoms with Crippen molar-refractivity contribution in [2.24, 2.45) is 0 Å². The number of hydrogen-bond acceptors (Lipinski definition) is 7. The molecule has 2 rings (SSSR count). The molecule has 8 nitrogen and oxygen atoms in total. The molecule has 2 N–H and O–H groups in total. The van der Waals surface area contributed by atoms with Crippen molar-refractivity contribution in [3.63, 3.8) is 0 Å². The molecular formula is C17H20N2O6. The van der Waals surface area contributed by atoms with E-state index in [1.807, 2.05) is 0 Å². The van der Waals surface area contributed by atoms with E-state index in [9.17, 15) is 19.2 Å². The van der Waals surface area contributed by atoms with E-state index in [4.69, 9.17) is 15.2 Å². The zero-order valence-electron chi connectivity index (χ0n) is 14.1. The number of carbonyl (C=O) groups is 4. The van der Waals surface area contributed by atoms with Gasteiger partial charge in [0.25, 0.3) is 11.8 Å². The van der Waals surface area contributed by atoms with Crippen LogP contribution in [0.5, 0.6) is 0 Å². The Kier molecular flexibility index (Phi) is 5.74. The Hall–Kier alpha value is -2.90. The minimum atomic E-state index is -1.20. The van der Waals surface area contributed by atoms with Gasteiger partial charge in [0.05, 0.1) is 24.3 Å². The first-order valence-corrected chi connectivity index (χ1v) is 8.00. The van der Waals surface area contributed by atoms with Crippen LogP contribution in [0, 0.1) is 0 Å². The van der Waals surface area contributed by atoms with E-state index in [1.165, 1.54) is 18.2 Å². The van der Waals surface area contributed by atoms with Crippen molar-refractivity contribution in [2.45, 2.75) is 32.7 Å². The first-order valence-electron chi connectivity index (χ1n) is 8.00. The van der Waals surface area contributed by atoms with Gasteiger partial charge in [-0.25, -0.2) is 4.79 Å². The Morgan fingerprint density at radius 3 is 2.36 bits per heavy atom. The number of imide groups is 1. The molecule has 134 valence electrons. The van der Waals surface area contributed by atoms with E-state index in [0.717, 1.165) is 4.90 Å². The number of esters is 2. The average Bonchev–Trinajstić information content (AvgIpc) is 2.80. The van der Waals surface area contributed by atoms with Gasteiger partial charge in [-0.3, -0.25) is 19.3 Å². The second-order valence-electron chi connectivity index (χ2n) is 5.40. The molecule has 1 aromatic carbocycles. The topological polar surface area (TPSA) is 116 Å². The zero-order chi connectivity index (χ0) is 18.6. The van der Waals surface area contributed by atoms with Gasteiger partial charge in [0, 0.05) is 12.1 Å². The summed E-state index contributed by atoms with van der Waals surface area (Å²) in [5.74, 6) is -2.50. The second-order valence-corrected chi connectivity index (χ2v) is 5.40. The third kappa shape index (κ3) is 3.78. The van der Waals surface area contributed by atoms with Crippen LogP contribution in [0.3, 0.4) is 0 Å². The van der Waals surface area contributed by atoms with Crippen LogP contribution in [-0.2, 0) is 19.1 Å². The number of nitrogens with two attached hydrogens (primary N) is 1. The van der Waals surface area contributed by atoms with Gasteiger partial charge < -0.3 is 15.2 Å². The zero-order valence-corrected chi connectivity index (χ0v) is 14.1. The largest absolute Gasteiger partial charge is 0.466 e. The second kappa shape index (κ2) is 7.78. The van der Waals surface area contributed by atoms with Crippen LogP contribution < -0.4 is 5.73 Å². The predicted molar refractivity (Wildman–Crippen MR) is 87.6 cm³/mol. The van der Waals surface area contributed by atoms with E-state index in [1.54, 1.807) is 13.8 Å². The fourth-order valence-corrected chi connectivity index (χ4v) is 2.64. The molecule has 8 heteroatoms. The van der Waals surface area contributed by atoms with Crippen molar-refractivity contribution in [1.29, 1.82) is 0 Å². The van der Waals surface area contributed by atoms with Crippen molar-refractivity contribution in [3.05, 3.63) is 29.3 Å². The first kappa shape index (κ1) is 18.4. The van der Waals surface area contributed by atoms with Crippen LogP contribution in [0.2, 0.25) is 0 Å². The number of ether oxygens (including phenoxy) is 2. The van der Waals surface area contributed by atoms with Crippen LogP contribution in [0.25, 0.3) is 0 Å². The highest BCUT2D eigenvalue weighted by Crippen LogP contribution is 2.28. The number of benzene rings is 1. The summed E-state index contributed by atoms with van der Waals surface area (Å²) in [6.07, 6.45) is -0.189. The van der Waals surface area contributed by atoms with Crippen LogP contribution in [0.15, 0.2) is 18.2 Å². The highest BCUT2D eigenvalue weighted by molar-refractivity contribution is 6.23. The molecule has 0 saturated carbocycles. The van der Waals surface area contributed by atoms with Crippen LogP contribution in [-0.4, -0.2) is 47.9 Å². The fraction of sp³-hybridized carbons (Fsp3) is 0.412. The lowest BCUT2D eigenvalue weighted by Gasteiger charge is -2.24. The Labute approximate surface area is 144 Å². The molecule has 0 aromatic heterocycles. The maximum atomic E-state index is 12.6. The van der Waals surface area contributed by atoms with Gasteiger partial charge in [0.2, 0.25) is 0 Å². The summed E-state index contributed by atoms with van der Waals surface area (Å²) < 4.78 is 9.80. The lowest BCUT2D eigenvalue weighted by molar-refractivity contribution is -0.149. The summed E-state index contributed by atoms with van der Waals surface area (Å²) in [6, 6.07) is 3.14. The van der Waals surface area contributed by atoms with E-state index in [-0.39, 0.29) is 37.2 Å². The van der Waals surface area contributed by atoms with Gasteiger partial charge in [-0.15, -0.1) is 0 Å². The van der Waals surface area contributed by atoms with Gasteiger partial charge >= 0.3 is 11.9 Å². The van der Waals surface area contributed by atoms with Crippen molar-refractivity contribution < 1.29 is 28.7 Å². The fourth-order valence-electron chi connectivity index (χ4n) is 2.64. The molecule has 1 aliphatic rings. The summed E-state index contributed by atoms with van der Waals surface area (Å²) in [7, 11) is 0. The normalized spacial score (nSPS) is 14.2. The highest BCUT2D eigenvalue weighted by Gasteiger charge is 2.43. The molecule has 0 saturated heterocycles. The Morgan fingerprint density at radius 2 is 1.72 bits per heavy atom. The number of rotatable bonds is 7. The minimum absolute atomic E-state index is 0.0708. The van der Waals surface area contributed by atoms with Gasteiger partial charge in [-0.05, 0) is 38.5 Å². The molecule has 1 aliphatic heterocycles. The Balaban J connectivity index is 2.28. The standard InChI is InChI=1S/C17H20N2O6/c1-3-24-14(20)8-7-13(17(23)25-4-2)19-15(21)11-6-5-10(18)9-12(11)16(19)22/h5-6,9,13H,3-4,7-8,18H2,1-2H3/t13-/m0/s1. The van der Waals surface area contributed by atoms with Gasteiger partial charge in [0.15, 0.2) is 0 Å². The molecule has 1 aromatic rings. The van der Waals surface area contributed by atoms with Gasteiger partial charge in [0.1, 0.15) is 6.04 Å².